The highest BCUT2D eigenvalue weighted by molar-refractivity contribution is 5.94. The predicted octanol–water partition coefficient (Wildman–Crippen LogP) is 2.86. The number of benzene rings is 1. The van der Waals surface area contributed by atoms with Crippen molar-refractivity contribution in [2.24, 2.45) is 0 Å². The number of nitrogens with one attached hydrogen (secondary N) is 3. The van der Waals surface area contributed by atoms with Crippen LogP contribution in [0.4, 0.5) is 0 Å². The lowest BCUT2D eigenvalue weighted by atomic mass is 9.90. The molecule has 5 heteroatoms. The fourth-order valence-corrected chi connectivity index (χ4v) is 3.58. The van der Waals surface area contributed by atoms with Gasteiger partial charge >= 0.3 is 0 Å². The van der Waals surface area contributed by atoms with Gasteiger partial charge in [-0.05, 0) is 75.3 Å². The second kappa shape index (κ2) is 8.30. The van der Waals surface area contributed by atoms with Gasteiger partial charge in [-0.2, -0.15) is 5.10 Å². The highest BCUT2D eigenvalue weighted by Crippen LogP contribution is 2.23. The number of nitrogens with zero attached hydrogens (tertiary/aromatic N) is 1. The molecule has 0 spiro atoms. The van der Waals surface area contributed by atoms with Crippen LogP contribution in [0.25, 0.3) is 0 Å². The van der Waals surface area contributed by atoms with Crippen LogP contribution in [-0.4, -0.2) is 35.7 Å². The first-order valence-electron chi connectivity index (χ1n) is 9.24. The lowest BCUT2D eigenvalue weighted by Crippen LogP contribution is -2.29. The van der Waals surface area contributed by atoms with E-state index in [1.54, 1.807) is 0 Å². The molecule has 3 N–H and O–H groups in total. The molecule has 5 nitrogen and oxygen atoms in total. The Kier molecular flexibility index (Phi) is 5.87. The van der Waals surface area contributed by atoms with Gasteiger partial charge in [0.25, 0.3) is 5.91 Å². The summed E-state index contributed by atoms with van der Waals surface area (Å²) >= 11 is 0. The van der Waals surface area contributed by atoms with E-state index < -0.39 is 0 Å². The van der Waals surface area contributed by atoms with Crippen molar-refractivity contribution in [2.45, 2.75) is 45.4 Å². The molecule has 1 aromatic carbocycles. The highest BCUT2D eigenvalue weighted by atomic mass is 16.1. The Balaban J connectivity index is 1.51. The number of piperidine rings is 1. The number of hydrogen-bond acceptors (Lipinski definition) is 3. The van der Waals surface area contributed by atoms with Crippen LogP contribution in [0.15, 0.2) is 24.3 Å². The Bertz CT molecular complexity index is 697. The van der Waals surface area contributed by atoms with E-state index in [1.807, 2.05) is 26.0 Å². The Morgan fingerprint density at radius 3 is 2.96 bits per heavy atom. The van der Waals surface area contributed by atoms with Crippen molar-refractivity contribution in [1.82, 2.24) is 20.8 Å². The van der Waals surface area contributed by atoms with Gasteiger partial charge < -0.3 is 10.6 Å². The molecule has 2 aromatic rings. The van der Waals surface area contributed by atoms with Crippen molar-refractivity contribution < 1.29 is 4.79 Å². The lowest BCUT2D eigenvalue weighted by Gasteiger charge is -2.23. The van der Waals surface area contributed by atoms with E-state index in [4.69, 9.17) is 0 Å². The van der Waals surface area contributed by atoms with E-state index >= 15 is 0 Å². The van der Waals surface area contributed by atoms with E-state index in [0.717, 1.165) is 42.9 Å². The molecule has 2 heterocycles. The molecule has 1 amide bonds. The van der Waals surface area contributed by atoms with Gasteiger partial charge in [-0.25, -0.2) is 0 Å². The summed E-state index contributed by atoms with van der Waals surface area (Å²) < 4.78 is 0. The summed E-state index contributed by atoms with van der Waals surface area (Å²) in [5.41, 5.74) is 5.47. The first kappa shape index (κ1) is 17.7. The monoisotopic (exact) mass is 340 g/mol. The maximum atomic E-state index is 12.4. The zero-order valence-electron chi connectivity index (χ0n) is 15.2. The largest absolute Gasteiger partial charge is 0.352 e. The van der Waals surface area contributed by atoms with Gasteiger partial charge in [-0.1, -0.05) is 12.1 Å². The summed E-state index contributed by atoms with van der Waals surface area (Å²) in [6.07, 6.45) is 4.25. The summed E-state index contributed by atoms with van der Waals surface area (Å²) in [4.78, 5) is 12.4. The van der Waals surface area contributed by atoms with E-state index in [0.29, 0.717) is 12.5 Å². The minimum absolute atomic E-state index is 0.0197. The molecule has 3 rings (SSSR count). The second-order valence-electron chi connectivity index (χ2n) is 6.94. The minimum atomic E-state index is 0.0197. The van der Waals surface area contributed by atoms with E-state index in [2.05, 4.69) is 33.0 Å². The molecular formula is C20H28N4O. The summed E-state index contributed by atoms with van der Waals surface area (Å²) in [5.74, 6) is 0.541. The average molecular weight is 340 g/mol. The molecule has 1 aliphatic rings. The normalized spacial score (nSPS) is 17.4. The van der Waals surface area contributed by atoms with E-state index in [1.165, 1.54) is 24.0 Å². The molecule has 1 fully saturated rings. The average Bonchev–Trinajstić information content (AvgIpc) is 2.97. The zero-order valence-corrected chi connectivity index (χ0v) is 15.2. The summed E-state index contributed by atoms with van der Waals surface area (Å²) in [7, 11) is 0. The van der Waals surface area contributed by atoms with E-state index in [9.17, 15) is 4.79 Å². The lowest BCUT2D eigenvalue weighted by molar-refractivity contribution is 0.0953. The van der Waals surface area contributed by atoms with Crippen LogP contribution in [-0.2, 0) is 6.42 Å². The van der Waals surface area contributed by atoms with Crippen molar-refractivity contribution >= 4 is 5.91 Å². The first-order valence-corrected chi connectivity index (χ1v) is 9.24. The molecule has 0 bridgehead atoms. The molecule has 1 aromatic heterocycles. The maximum absolute atomic E-state index is 12.4. The number of hydrogen-bond donors (Lipinski definition) is 3. The molecule has 25 heavy (non-hydrogen) atoms. The summed E-state index contributed by atoms with van der Waals surface area (Å²) in [5, 5.41) is 13.7. The number of aromatic amines is 1. The number of amides is 1. The topological polar surface area (TPSA) is 69.8 Å². The molecule has 0 radical (unpaired) electrons. The molecule has 1 aliphatic heterocycles. The van der Waals surface area contributed by atoms with Gasteiger partial charge in [0.1, 0.15) is 0 Å². The third-order valence-corrected chi connectivity index (χ3v) is 5.09. The van der Waals surface area contributed by atoms with Gasteiger partial charge in [0.15, 0.2) is 0 Å². The third-order valence-electron chi connectivity index (χ3n) is 5.09. The van der Waals surface area contributed by atoms with Gasteiger partial charge in [-0.3, -0.25) is 9.89 Å². The highest BCUT2D eigenvalue weighted by Gasteiger charge is 2.16. The second-order valence-corrected chi connectivity index (χ2v) is 6.94. The fraction of sp³-hybridized carbons (Fsp3) is 0.500. The van der Waals surface area contributed by atoms with Crippen LogP contribution in [0.2, 0.25) is 0 Å². The molecule has 1 unspecified atom stereocenters. The smallest absolute Gasteiger partial charge is 0.251 e. The van der Waals surface area contributed by atoms with Gasteiger partial charge in [-0.15, -0.1) is 0 Å². The molecule has 134 valence electrons. The Morgan fingerprint density at radius 1 is 1.36 bits per heavy atom. The predicted molar refractivity (Wildman–Crippen MR) is 100 cm³/mol. The van der Waals surface area contributed by atoms with Gasteiger partial charge in [0.2, 0.25) is 0 Å². The van der Waals surface area contributed by atoms with Crippen LogP contribution < -0.4 is 10.6 Å². The Hall–Kier alpha value is -2.14. The van der Waals surface area contributed by atoms with Gasteiger partial charge in [0.05, 0.1) is 5.69 Å². The number of rotatable bonds is 6. The summed E-state index contributed by atoms with van der Waals surface area (Å²) in [6, 6.07) is 8.09. The minimum Gasteiger partial charge on any atom is -0.352 e. The molecular weight excluding hydrogens is 312 g/mol. The van der Waals surface area contributed by atoms with Crippen LogP contribution in [0.3, 0.4) is 0 Å². The van der Waals surface area contributed by atoms with Crippen LogP contribution >= 0.6 is 0 Å². The van der Waals surface area contributed by atoms with Crippen LogP contribution in [0.5, 0.6) is 0 Å². The summed E-state index contributed by atoms with van der Waals surface area (Å²) in [6.45, 7) is 6.85. The molecule has 1 atom stereocenters. The number of carbonyl (C=O) groups is 1. The quantitative estimate of drug-likeness (QED) is 0.708. The van der Waals surface area contributed by atoms with Crippen molar-refractivity contribution in [1.29, 1.82) is 0 Å². The Labute approximate surface area is 149 Å². The SMILES string of the molecule is Cc1n[nH]c(C)c1CCCNC(=O)c1cccc(C2CCCNC2)c1. The number of H-pyrrole nitrogens is 1. The third kappa shape index (κ3) is 4.48. The number of aromatic nitrogens is 2. The van der Waals surface area contributed by atoms with Crippen molar-refractivity contribution in [3.05, 3.63) is 52.3 Å². The zero-order chi connectivity index (χ0) is 17.6. The molecule has 1 saturated heterocycles. The maximum Gasteiger partial charge on any atom is 0.251 e. The Morgan fingerprint density at radius 2 is 2.24 bits per heavy atom. The molecule has 0 aliphatic carbocycles. The fourth-order valence-electron chi connectivity index (χ4n) is 3.58. The first-order chi connectivity index (χ1) is 12.1. The van der Waals surface area contributed by atoms with Crippen LogP contribution in [0, 0.1) is 13.8 Å². The van der Waals surface area contributed by atoms with Gasteiger partial charge in [0, 0.05) is 24.3 Å². The van der Waals surface area contributed by atoms with Crippen molar-refractivity contribution in [3.63, 3.8) is 0 Å². The molecule has 0 saturated carbocycles. The number of carbonyl (C=O) groups excluding carboxylic acids is 1. The standard InChI is InChI=1S/C20H28N4O/c1-14-19(15(2)24-23-14)9-5-11-22-20(25)17-7-3-6-16(12-17)18-8-4-10-21-13-18/h3,6-7,12,18,21H,4-5,8-11,13H2,1-2H3,(H,22,25)(H,23,24). The van der Waals surface area contributed by atoms with Crippen LogP contribution in [0.1, 0.15) is 58.1 Å². The van der Waals surface area contributed by atoms with Crippen molar-refractivity contribution in [2.75, 3.05) is 19.6 Å². The van der Waals surface area contributed by atoms with E-state index in [-0.39, 0.29) is 5.91 Å². The van der Waals surface area contributed by atoms with Crippen molar-refractivity contribution in [3.8, 4) is 0 Å². The number of aryl methyl sites for hydroxylation is 2.